The van der Waals surface area contributed by atoms with E-state index < -0.39 is 30.4 Å². The number of terminal acetylenes is 2. The zero-order valence-corrected chi connectivity index (χ0v) is 22.1. The maximum atomic E-state index is 10.9. The lowest BCUT2D eigenvalue weighted by Gasteiger charge is -2.04. The molecule has 0 aliphatic carbocycles. The molecule has 200 valence electrons. The fourth-order valence-electron chi connectivity index (χ4n) is 3.13. The third kappa shape index (κ3) is 24.3. The lowest BCUT2D eigenvalue weighted by atomic mass is 10.1. The normalized spacial score (nSPS) is 14.1. The van der Waals surface area contributed by atoms with E-state index in [-0.39, 0.29) is 0 Å². The van der Waals surface area contributed by atoms with Crippen LogP contribution in [0, 0.1) is 48.4 Å². The van der Waals surface area contributed by atoms with E-state index in [1.54, 1.807) is 12.2 Å². The number of unbranched alkanes of at least 4 members (excludes halogenated alkanes) is 10. The van der Waals surface area contributed by atoms with Crippen molar-refractivity contribution < 1.29 is 24.9 Å². The number of esters is 1. The molecule has 0 aromatic carbocycles. The van der Waals surface area contributed by atoms with Crippen molar-refractivity contribution in [3.63, 3.8) is 0 Å². The molecule has 0 fully saturated rings. The van der Waals surface area contributed by atoms with E-state index in [1.165, 1.54) is 19.1 Å². The van der Waals surface area contributed by atoms with Crippen LogP contribution in [-0.4, -0.2) is 45.7 Å². The molecule has 0 aliphatic heterocycles. The van der Waals surface area contributed by atoms with Crippen molar-refractivity contribution in [2.75, 3.05) is 0 Å². The zero-order chi connectivity index (χ0) is 27.6. The summed E-state index contributed by atoms with van der Waals surface area (Å²) in [4.78, 5) is 10.9. The predicted molar refractivity (Wildman–Crippen MR) is 150 cm³/mol. The Morgan fingerprint density at radius 2 is 1.19 bits per heavy atom. The number of ether oxygens (including phenoxy) is 1. The van der Waals surface area contributed by atoms with Gasteiger partial charge in [0, 0.05) is 19.8 Å². The van der Waals surface area contributed by atoms with Gasteiger partial charge < -0.3 is 20.1 Å². The van der Waals surface area contributed by atoms with Gasteiger partial charge in [0.1, 0.15) is 18.3 Å². The molecule has 0 aromatic rings. The first-order chi connectivity index (χ1) is 17.9. The molecule has 0 unspecified atom stereocenters. The molecule has 5 nitrogen and oxygen atoms in total. The van der Waals surface area contributed by atoms with Gasteiger partial charge in [0.25, 0.3) is 0 Å². The minimum Gasteiger partial charge on any atom is -0.445 e. The highest BCUT2D eigenvalue weighted by Crippen LogP contribution is 2.07. The summed E-state index contributed by atoms with van der Waals surface area (Å²) in [5.74, 6) is 15.7. The van der Waals surface area contributed by atoms with E-state index in [4.69, 9.17) is 17.6 Å². The number of hydrogen-bond acceptors (Lipinski definition) is 5. The molecular formula is C32H42O5. The topological polar surface area (TPSA) is 87.0 Å². The monoisotopic (exact) mass is 506 g/mol. The molecule has 4 atom stereocenters. The Balaban J connectivity index is 3.84. The van der Waals surface area contributed by atoms with Gasteiger partial charge in [-0.2, -0.15) is 0 Å². The van der Waals surface area contributed by atoms with Gasteiger partial charge in [0.2, 0.25) is 0 Å². The Morgan fingerprint density at radius 3 is 1.65 bits per heavy atom. The molecule has 0 heterocycles. The molecule has 37 heavy (non-hydrogen) atoms. The molecule has 0 aliphatic rings. The van der Waals surface area contributed by atoms with Crippen molar-refractivity contribution in [2.24, 2.45) is 0 Å². The average molecular weight is 507 g/mol. The van der Waals surface area contributed by atoms with Crippen LogP contribution in [0.25, 0.3) is 0 Å². The molecule has 5 heteroatoms. The van der Waals surface area contributed by atoms with Gasteiger partial charge in [-0.1, -0.05) is 61.5 Å². The summed E-state index contributed by atoms with van der Waals surface area (Å²) in [6, 6.07) is 0. The van der Waals surface area contributed by atoms with Gasteiger partial charge in [0.15, 0.2) is 6.10 Å². The van der Waals surface area contributed by atoms with Crippen molar-refractivity contribution in [3.05, 3.63) is 36.5 Å². The van der Waals surface area contributed by atoms with E-state index in [2.05, 4.69) is 35.5 Å². The van der Waals surface area contributed by atoms with E-state index in [0.717, 1.165) is 70.6 Å². The van der Waals surface area contributed by atoms with Crippen molar-refractivity contribution in [3.8, 4) is 48.4 Å². The van der Waals surface area contributed by atoms with Crippen LogP contribution in [0.15, 0.2) is 36.5 Å². The zero-order valence-electron chi connectivity index (χ0n) is 22.1. The summed E-state index contributed by atoms with van der Waals surface area (Å²) < 4.78 is 4.94. The summed E-state index contributed by atoms with van der Waals surface area (Å²) in [5.41, 5.74) is 0. The third-order valence-corrected chi connectivity index (χ3v) is 5.08. The smallest absolute Gasteiger partial charge is 0.304 e. The van der Waals surface area contributed by atoms with Crippen LogP contribution in [0.5, 0.6) is 0 Å². The fraction of sp³-hybridized carbons (Fsp3) is 0.531. The maximum Gasteiger partial charge on any atom is 0.304 e. The Morgan fingerprint density at radius 1 is 0.703 bits per heavy atom. The van der Waals surface area contributed by atoms with Gasteiger partial charge >= 0.3 is 5.97 Å². The largest absolute Gasteiger partial charge is 0.445 e. The number of aliphatic hydroxyl groups is 3. The first-order valence-electron chi connectivity index (χ1n) is 13.0. The molecule has 0 rings (SSSR count). The van der Waals surface area contributed by atoms with Crippen LogP contribution < -0.4 is 0 Å². The highest BCUT2D eigenvalue weighted by atomic mass is 16.5. The molecule has 0 spiro atoms. The minimum atomic E-state index is -0.918. The van der Waals surface area contributed by atoms with Crippen LogP contribution in [0.1, 0.15) is 84.0 Å². The number of aliphatic hydroxyl groups excluding tert-OH is 3. The second-order valence-corrected chi connectivity index (χ2v) is 8.49. The summed E-state index contributed by atoms with van der Waals surface area (Å²) >= 11 is 0. The number of allylic oxidation sites excluding steroid dienone is 2. The van der Waals surface area contributed by atoms with Crippen molar-refractivity contribution >= 4 is 5.97 Å². The number of rotatable bonds is 17. The lowest BCUT2D eigenvalue weighted by molar-refractivity contribution is -0.142. The van der Waals surface area contributed by atoms with E-state index in [9.17, 15) is 20.1 Å². The maximum absolute atomic E-state index is 10.9. The number of hydrogen-bond donors (Lipinski definition) is 3. The highest BCUT2D eigenvalue weighted by molar-refractivity contribution is 5.66. The summed E-state index contributed by atoms with van der Waals surface area (Å²) in [5, 5.41) is 29.0. The van der Waals surface area contributed by atoms with Crippen LogP contribution >= 0.6 is 0 Å². The number of carbonyl (C=O) groups is 1. The molecule has 3 N–H and O–H groups in total. The van der Waals surface area contributed by atoms with Crippen molar-refractivity contribution in [2.45, 2.75) is 108 Å². The quantitative estimate of drug-likeness (QED) is 0.116. The van der Waals surface area contributed by atoms with E-state index >= 15 is 0 Å². The van der Waals surface area contributed by atoms with Crippen LogP contribution in [0.4, 0.5) is 0 Å². The number of carbonyl (C=O) groups excluding carboxylic acids is 1. The average Bonchev–Trinajstić information content (AvgIpc) is 2.88. The molecule has 0 radical (unpaired) electrons. The summed E-state index contributed by atoms with van der Waals surface area (Å²) in [7, 11) is 0. The second kappa shape index (κ2) is 24.5. The molecule has 0 bridgehead atoms. The van der Waals surface area contributed by atoms with Gasteiger partial charge in [-0.25, -0.2) is 0 Å². The Kier molecular flexibility index (Phi) is 22.4. The molecule has 0 amide bonds. The summed E-state index contributed by atoms with van der Waals surface area (Å²) in [6.45, 7) is 1.33. The van der Waals surface area contributed by atoms with Crippen LogP contribution in [0.2, 0.25) is 0 Å². The first kappa shape index (κ1) is 33.8. The standard InChI is InChI=1S/C32H42O5/c1-4-29(34)22-18-14-10-6-7-11-15-19-23-30(35)26-27-31(36)24-20-16-12-8-9-13-17-21-25-32(5-2)37-28(3)33/h1-2,18,21-22,25-27,29-32,34-36H,6-17H2,3H3/b22-18+,25-21+,27-26-/t29-,30-,31-,32-/m1/s1. The van der Waals surface area contributed by atoms with Crippen LogP contribution in [-0.2, 0) is 9.53 Å². The van der Waals surface area contributed by atoms with Crippen molar-refractivity contribution in [1.29, 1.82) is 0 Å². The molecular weight excluding hydrogens is 464 g/mol. The van der Waals surface area contributed by atoms with Gasteiger partial charge in [0.05, 0.1) is 0 Å². The Hall–Kier alpha value is -3.19. The predicted octanol–water partition coefficient (Wildman–Crippen LogP) is 4.62. The van der Waals surface area contributed by atoms with Crippen molar-refractivity contribution in [1.82, 2.24) is 0 Å². The molecule has 0 saturated carbocycles. The lowest BCUT2D eigenvalue weighted by Crippen LogP contribution is -2.10. The summed E-state index contributed by atoms with van der Waals surface area (Å²) in [6.07, 6.45) is 28.7. The fourth-order valence-corrected chi connectivity index (χ4v) is 3.13. The first-order valence-corrected chi connectivity index (χ1v) is 13.0. The van der Waals surface area contributed by atoms with E-state index in [0.29, 0.717) is 6.42 Å². The Bertz CT molecular complexity index is 907. The molecule has 0 saturated heterocycles. The van der Waals surface area contributed by atoms with E-state index in [1.807, 2.05) is 12.2 Å². The van der Waals surface area contributed by atoms with Gasteiger partial charge in [-0.05, 0) is 62.8 Å². The SMILES string of the molecule is C#C[C@@H](O)/C=C/CCCCCCC#C[C@@H](O)/C=C\[C@H](O)C#CCCCCCC/C=C/[C@@H](C#C)OC(C)=O. The second-order valence-electron chi connectivity index (χ2n) is 8.49. The Labute approximate surface area is 224 Å². The van der Waals surface area contributed by atoms with Crippen LogP contribution in [0.3, 0.4) is 0 Å². The van der Waals surface area contributed by atoms with Gasteiger partial charge in [-0.15, -0.1) is 24.7 Å². The minimum absolute atomic E-state index is 0.391. The molecule has 0 aromatic heterocycles. The highest BCUT2D eigenvalue weighted by Gasteiger charge is 2.02. The van der Waals surface area contributed by atoms with Gasteiger partial charge in [-0.3, -0.25) is 4.79 Å². The third-order valence-electron chi connectivity index (χ3n) is 5.08.